The molecule has 2 heterocycles. The minimum Gasteiger partial charge on any atom is -0.478 e. The zero-order valence-electron chi connectivity index (χ0n) is 17.4. The Hall–Kier alpha value is -3.89. The second-order valence-electron chi connectivity index (χ2n) is 7.37. The van der Waals surface area contributed by atoms with Gasteiger partial charge in [0.25, 0.3) is 5.56 Å². The van der Waals surface area contributed by atoms with E-state index in [1.54, 1.807) is 25.3 Å². The summed E-state index contributed by atoms with van der Waals surface area (Å²) in [7, 11) is 0. The second kappa shape index (κ2) is 9.08. The van der Waals surface area contributed by atoms with Crippen molar-refractivity contribution >= 4 is 22.1 Å². The standard InChI is InChI=1S/C25H20N2O4S/c1-17-22(28)26(15-19-11-13-20(14-12-19)24(29)30)25(31)27-16-21(32-23(17)27)10-6-5-9-18-7-3-2-4-8-18/h2-4,7-8,11-14,16H,9-10,15H2,1H3,(H,29,30). The summed E-state index contributed by atoms with van der Waals surface area (Å²) in [5.74, 6) is 5.27. The van der Waals surface area contributed by atoms with Crippen molar-refractivity contribution < 1.29 is 9.90 Å². The lowest BCUT2D eigenvalue weighted by atomic mass is 10.1. The van der Waals surface area contributed by atoms with E-state index in [2.05, 4.69) is 11.8 Å². The smallest absolute Gasteiger partial charge is 0.336 e. The third-order valence-electron chi connectivity index (χ3n) is 5.11. The molecule has 0 atom stereocenters. The maximum Gasteiger partial charge on any atom is 0.336 e. The SMILES string of the molecule is Cc1c(=O)n(Cc2ccc(C(=O)O)cc2)c(=O)n2cc(CC#CCc3ccccc3)sc12. The van der Waals surface area contributed by atoms with Crippen molar-refractivity contribution in [3.8, 4) is 11.8 Å². The maximum absolute atomic E-state index is 13.0. The molecule has 1 N–H and O–H groups in total. The van der Waals surface area contributed by atoms with Crippen LogP contribution in [0.5, 0.6) is 0 Å². The van der Waals surface area contributed by atoms with Gasteiger partial charge in [0.05, 0.1) is 12.1 Å². The van der Waals surface area contributed by atoms with Crippen LogP contribution < -0.4 is 11.2 Å². The fourth-order valence-electron chi connectivity index (χ4n) is 3.38. The molecule has 0 fully saturated rings. The molecule has 2 aromatic carbocycles. The molecule has 0 saturated heterocycles. The van der Waals surface area contributed by atoms with Gasteiger partial charge >= 0.3 is 11.7 Å². The van der Waals surface area contributed by atoms with E-state index < -0.39 is 11.7 Å². The van der Waals surface area contributed by atoms with Gasteiger partial charge in [-0.3, -0.25) is 13.8 Å². The molecule has 0 unspecified atom stereocenters. The Labute approximate surface area is 188 Å². The number of rotatable bonds is 5. The van der Waals surface area contributed by atoms with Gasteiger partial charge in [-0.2, -0.15) is 0 Å². The lowest BCUT2D eigenvalue weighted by Gasteiger charge is -2.08. The van der Waals surface area contributed by atoms with E-state index in [0.717, 1.165) is 10.4 Å². The maximum atomic E-state index is 13.0. The highest BCUT2D eigenvalue weighted by Crippen LogP contribution is 2.18. The number of carboxylic acid groups (broad SMARTS) is 1. The molecule has 4 rings (SSSR count). The minimum absolute atomic E-state index is 0.0728. The van der Waals surface area contributed by atoms with Crippen molar-refractivity contribution in [2.45, 2.75) is 26.3 Å². The number of thiazole rings is 1. The number of benzene rings is 2. The molecule has 0 aliphatic rings. The molecule has 0 saturated carbocycles. The normalized spacial score (nSPS) is 10.7. The van der Waals surface area contributed by atoms with Crippen LogP contribution in [-0.4, -0.2) is 20.0 Å². The van der Waals surface area contributed by atoms with Crippen LogP contribution in [0.25, 0.3) is 4.83 Å². The van der Waals surface area contributed by atoms with Gasteiger partial charge < -0.3 is 5.11 Å². The third kappa shape index (κ3) is 4.41. The molecule has 32 heavy (non-hydrogen) atoms. The van der Waals surface area contributed by atoms with Crippen molar-refractivity contribution in [2.24, 2.45) is 0 Å². The second-order valence-corrected chi connectivity index (χ2v) is 8.48. The summed E-state index contributed by atoms with van der Waals surface area (Å²) >= 11 is 1.40. The summed E-state index contributed by atoms with van der Waals surface area (Å²) in [5.41, 5.74) is 1.71. The predicted molar refractivity (Wildman–Crippen MR) is 125 cm³/mol. The number of aromatic carboxylic acids is 1. The topological polar surface area (TPSA) is 80.8 Å². The molecule has 0 spiro atoms. The molecule has 0 bridgehead atoms. The average Bonchev–Trinajstić information content (AvgIpc) is 3.24. The van der Waals surface area contributed by atoms with Crippen LogP contribution in [0.4, 0.5) is 0 Å². The fraction of sp³-hybridized carbons (Fsp3) is 0.160. The van der Waals surface area contributed by atoms with Crippen LogP contribution in [0.1, 0.15) is 31.9 Å². The van der Waals surface area contributed by atoms with E-state index in [-0.39, 0.29) is 17.7 Å². The lowest BCUT2D eigenvalue weighted by Crippen LogP contribution is -2.38. The highest BCUT2D eigenvalue weighted by Gasteiger charge is 2.14. The number of fused-ring (bicyclic) bond motifs is 1. The van der Waals surface area contributed by atoms with E-state index in [9.17, 15) is 14.4 Å². The van der Waals surface area contributed by atoms with E-state index in [0.29, 0.717) is 28.8 Å². The first kappa shape index (κ1) is 21.3. The first-order chi connectivity index (χ1) is 15.4. The van der Waals surface area contributed by atoms with Crippen LogP contribution in [0.15, 0.2) is 70.4 Å². The first-order valence-electron chi connectivity index (χ1n) is 10.0. The lowest BCUT2D eigenvalue weighted by molar-refractivity contribution is 0.0697. The first-order valence-corrected chi connectivity index (χ1v) is 10.8. The summed E-state index contributed by atoms with van der Waals surface area (Å²) in [6, 6.07) is 16.1. The van der Waals surface area contributed by atoms with E-state index in [1.807, 2.05) is 30.3 Å². The third-order valence-corrected chi connectivity index (χ3v) is 6.32. The highest BCUT2D eigenvalue weighted by atomic mass is 32.1. The Morgan fingerprint density at radius 1 is 0.969 bits per heavy atom. The Balaban J connectivity index is 1.60. The molecule has 0 amide bonds. The Kier molecular flexibility index (Phi) is 6.06. The van der Waals surface area contributed by atoms with Gasteiger partial charge in [0, 0.05) is 29.5 Å². The molecule has 6 nitrogen and oxygen atoms in total. The number of carbonyl (C=O) groups is 1. The van der Waals surface area contributed by atoms with Gasteiger partial charge in [-0.15, -0.1) is 11.3 Å². The van der Waals surface area contributed by atoms with Gasteiger partial charge in [0.15, 0.2) is 0 Å². The number of hydrogen-bond acceptors (Lipinski definition) is 4. The Bertz CT molecular complexity index is 1470. The summed E-state index contributed by atoms with van der Waals surface area (Å²) in [6.07, 6.45) is 2.91. The molecule has 0 radical (unpaired) electrons. The number of nitrogens with zero attached hydrogens (tertiary/aromatic N) is 2. The zero-order chi connectivity index (χ0) is 22.7. The molecule has 7 heteroatoms. The van der Waals surface area contributed by atoms with Crippen LogP contribution in [-0.2, 0) is 19.4 Å². The predicted octanol–water partition coefficient (Wildman–Crippen LogP) is 3.37. The van der Waals surface area contributed by atoms with Crippen molar-refractivity contribution in [1.29, 1.82) is 0 Å². The van der Waals surface area contributed by atoms with E-state index in [1.165, 1.54) is 32.4 Å². The number of hydrogen-bond donors (Lipinski definition) is 1. The van der Waals surface area contributed by atoms with Crippen LogP contribution in [0, 0.1) is 18.8 Å². The quantitative estimate of drug-likeness (QED) is 0.479. The van der Waals surface area contributed by atoms with Crippen LogP contribution >= 0.6 is 11.3 Å². The van der Waals surface area contributed by atoms with Crippen molar-refractivity contribution in [1.82, 2.24) is 8.97 Å². The minimum atomic E-state index is -1.02. The van der Waals surface area contributed by atoms with E-state index >= 15 is 0 Å². The van der Waals surface area contributed by atoms with Crippen LogP contribution in [0.2, 0.25) is 0 Å². The van der Waals surface area contributed by atoms with Gasteiger partial charge in [-0.1, -0.05) is 54.3 Å². The van der Waals surface area contributed by atoms with Crippen molar-refractivity contribution in [3.05, 3.63) is 109 Å². The van der Waals surface area contributed by atoms with Crippen molar-refractivity contribution in [3.63, 3.8) is 0 Å². The number of carboxylic acids is 1. The molecular weight excluding hydrogens is 424 g/mol. The average molecular weight is 445 g/mol. The van der Waals surface area contributed by atoms with Crippen molar-refractivity contribution in [2.75, 3.05) is 0 Å². The van der Waals surface area contributed by atoms with Gasteiger partial charge in [-0.25, -0.2) is 9.59 Å². The zero-order valence-corrected chi connectivity index (χ0v) is 18.2. The van der Waals surface area contributed by atoms with E-state index in [4.69, 9.17) is 5.11 Å². The molecule has 4 aromatic rings. The van der Waals surface area contributed by atoms with Gasteiger partial charge in [-0.05, 0) is 30.2 Å². The summed E-state index contributed by atoms with van der Waals surface area (Å²) in [6.45, 7) is 1.78. The summed E-state index contributed by atoms with van der Waals surface area (Å²) in [4.78, 5) is 38.4. The largest absolute Gasteiger partial charge is 0.478 e. The fourth-order valence-corrected chi connectivity index (χ4v) is 4.40. The molecule has 0 aliphatic heterocycles. The van der Waals surface area contributed by atoms with Gasteiger partial charge in [0.1, 0.15) is 4.83 Å². The molecule has 2 aromatic heterocycles. The van der Waals surface area contributed by atoms with Gasteiger partial charge in [0.2, 0.25) is 0 Å². The monoisotopic (exact) mass is 444 g/mol. The number of aromatic nitrogens is 2. The molecule has 0 aliphatic carbocycles. The molecule has 160 valence electrons. The highest BCUT2D eigenvalue weighted by molar-refractivity contribution is 7.17. The number of aryl methyl sites for hydroxylation is 1. The summed E-state index contributed by atoms with van der Waals surface area (Å²) < 4.78 is 2.68. The Morgan fingerprint density at radius 2 is 1.66 bits per heavy atom. The molecular formula is C25H20N2O4S. The summed E-state index contributed by atoms with van der Waals surface area (Å²) in [5, 5.41) is 9.03. The Morgan fingerprint density at radius 3 is 2.34 bits per heavy atom. The van der Waals surface area contributed by atoms with Crippen LogP contribution in [0.3, 0.4) is 0 Å².